The van der Waals surface area contributed by atoms with E-state index in [1.165, 1.54) is 11.1 Å². The Bertz CT molecular complexity index is 503. The second-order valence-electron chi connectivity index (χ2n) is 4.02. The highest BCUT2D eigenvalue weighted by Gasteiger charge is 2.10. The van der Waals surface area contributed by atoms with Crippen LogP contribution in [0.4, 0.5) is 5.82 Å². The minimum absolute atomic E-state index is 0.915. The molecule has 3 nitrogen and oxygen atoms in total. The van der Waals surface area contributed by atoms with Gasteiger partial charge in [-0.2, -0.15) is 0 Å². The van der Waals surface area contributed by atoms with Crippen LogP contribution in [0.1, 0.15) is 18.1 Å². The van der Waals surface area contributed by atoms with Crippen molar-refractivity contribution in [2.24, 2.45) is 0 Å². The molecule has 17 heavy (non-hydrogen) atoms. The van der Waals surface area contributed by atoms with Crippen LogP contribution in [-0.4, -0.2) is 17.0 Å². The maximum absolute atomic E-state index is 4.41. The number of benzene rings is 1. The fourth-order valence-electron chi connectivity index (χ4n) is 1.92. The molecular weight excluding hydrogens is 210 g/mol. The summed E-state index contributed by atoms with van der Waals surface area (Å²) in [6.07, 6.45) is 2.53. The van der Waals surface area contributed by atoms with Crippen LogP contribution in [0.3, 0.4) is 0 Å². The number of nitrogens with zero attached hydrogens (tertiary/aromatic N) is 2. The summed E-state index contributed by atoms with van der Waals surface area (Å²) < 4.78 is 0. The van der Waals surface area contributed by atoms with Gasteiger partial charge in [-0.25, -0.2) is 9.97 Å². The summed E-state index contributed by atoms with van der Waals surface area (Å²) in [4.78, 5) is 8.66. The molecule has 0 radical (unpaired) electrons. The lowest BCUT2D eigenvalue weighted by molar-refractivity contribution is 1.05. The molecule has 0 fully saturated rings. The van der Waals surface area contributed by atoms with E-state index in [4.69, 9.17) is 0 Å². The number of hydrogen-bond acceptors (Lipinski definition) is 3. The maximum Gasteiger partial charge on any atom is 0.132 e. The molecule has 0 aliphatic rings. The zero-order valence-corrected chi connectivity index (χ0v) is 10.5. The van der Waals surface area contributed by atoms with E-state index in [9.17, 15) is 0 Å². The second kappa shape index (κ2) is 4.95. The summed E-state index contributed by atoms with van der Waals surface area (Å²) >= 11 is 0. The van der Waals surface area contributed by atoms with Crippen molar-refractivity contribution in [3.63, 3.8) is 0 Å². The Balaban J connectivity index is 2.54. The average Bonchev–Trinajstić information content (AvgIpc) is 2.38. The van der Waals surface area contributed by atoms with E-state index in [2.05, 4.69) is 53.4 Å². The zero-order chi connectivity index (χ0) is 12.3. The first-order chi connectivity index (χ1) is 8.26. The minimum atomic E-state index is 0.915. The number of aryl methyl sites for hydroxylation is 1. The molecule has 2 aromatic rings. The summed E-state index contributed by atoms with van der Waals surface area (Å²) in [5, 5.41) is 3.12. The van der Waals surface area contributed by atoms with E-state index in [0.717, 1.165) is 23.5 Å². The molecule has 0 aliphatic heterocycles. The standard InChI is InChI=1S/C14H17N3/c1-4-12-13(16-9-17-14(12)15-3)11-7-5-10(2)6-8-11/h5-9H,4H2,1-3H3,(H,15,16,17). The molecule has 1 heterocycles. The van der Waals surface area contributed by atoms with Gasteiger partial charge >= 0.3 is 0 Å². The first kappa shape index (κ1) is 11.6. The topological polar surface area (TPSA) is 37.8 Å². The van der Waals surface area contributed by atoms with Crippen LogP contribution in [0.5, 0.6) is 0 Å². The number of hydrogen-bond donors (Lipinski definition) is 1. The van der Waals surface area contributed by atoms with Gasteiger partial charge < -0.3 is 5.32 Å². The Morgan fingerprint density at radius 2 is 1.82 bits per heavy atom. The van der Waals surface area contributed by atoms with Gasteiger partial charge in [-0.3, -0.25) is 0 Å². The van der Waals surface area contributed by atoms with Gasteiger partial charge in [0.25, 0.3) is 0 Å². The SMILES string of the molecule is CCc1c(NC)ncnc1-c1ccc(C)cc1. The number of nitrogens with one attached hydrogen (secondary N) is 1. The Morgan fingerprint density at radius 3 is 2.41 bits per heavy atom. The summed E-state index contributed by atoms with van der Waals surface area (Å²) in [7, 11) is 1.89. The van der Waals surface area contributed by atoms with Crippen molar-refractivity contribution >= 4 is 5.82 Å². The molecule has 1 aromatic heterocycles. The molecule has 88 valence electrons. The van der Waals surface area contributed by atoms with Gasteiger partial charge in [-0.1, -0.05) is 36.8 Å². The lowest BCUT2D eigenvalue weighted by Crippen LogP contribution is -2.02. The molecule has 0 unspecified atom stereocenters. The van der Waals surface area contributed by atoms with Gasteiger partial charge in [-0.15, -0.1) is 0 Å². The fourth-order valence-corrected chi connectivity index (χ4v) is 1.92. The molecule has 0 spiro atoms. The summed E-state index contributed by atoms with van der Waals surface area (Å²) in [6, 6.07) is 8.43. The van der Waals surface area contributed by atoms with Crippen molar-refractivity contribution < 1.29 is 0 Å². The first-order valence-corrected chi connectivity index (χ1v) is 5.85. The molecule has 0 amide bonds. The maximum atomic E-state index is 4.41. The van der Waals surface area contributed by atoms with Crippen molar-refractivity contribution in [3.05, 3.63) is 41.7 Å². The van der Waals surface area contributed by atoms with Gasteiger partial charge in [0.15, 0.2) is 0 Å². The van der Waals surface area contributed by atoms with E-state index in [0.29, 0.717) is 0 Å². The van der Waals surface area contributed by atoms with E-state index < -0.39 is 0 Å². The highest BCUT2D eigenvalue weighted by Crippen LogP contribution is 2.25. The van der Waals surface area contributed by atoms with Crippen molar-refractivity contribution in [1.29, 1.82) is 0 Å². The Hall–Kier alpha value is -1.90. The molecule has 0 saturated carbocycles. The number of rotatable bonds is 3. The minimum Gasteiger partial charge on any atom is -0.373 e. The summed E-state index contributed by atoms with van der Waals surface area (Å²) in [5.74, 6) is 0.915. The predicted molar refractivity (Wildman–Crippen MR) is 71.1 cm³/mol. The van der Waals surface area contributed by atoms with Crippen LogP contribution in [0.15, 0.2) is 30.6 Å². The largest absolute Gasteiger partial charge is 0.373 e. The monoisotopic (exact) mass is 227 g/mol. The predicted octanol–water partition coefficient (Wildman–Crippen LogP) is 3.06. The lowest BCUT2D eigenvalue weighted by Gasteiger charge is -2.11. The zero-order valence-electron chi connectivity index (χ0n) is 10.5. The average molecular weight is 227 g/mol. The second-order valence-corrected chi connectivity index (χ2v) is 4.02. The van der Waals surface area contributed by atoms with Crippen molar-refractivity contribution in [2.75, 3.05) is 12.4 Å². The summed E-state index contributed by atoms with van der Waals surface area (Å²) in [6.45, 7) is 4.21. The highest BCUT2D eigenvalue weighted by molar-refractivity contribution is 5.68. The van der Waals surface area contributed by atoms with Crippen LogP contribution < -0.4 is 5.32 Å². The highest BCUT2D eigenvalue weighted by atomic mass is 15.0. The Morgan fingerprint density at radius 1 is 1.12 bits per heavy atom. The molecule has 1 N–H and O–H groups in total. The third-order valence-electron chi connectivity index (χ3n) is 2.86. The molecule has 0 atom stereocenters. The van der Waals surface area contributed by atoms with Crippen LogP contribution >= 0.6 is 0 Å². The Labute approximate surface area is 102 Å². The van der Waals surface area contributed by atoms with E-state index in [-0.39, 0.29) is 0 Å². The van der Waals surface area contributed by atoms with Crippen LogP contribution in [0, 0.1) is 6.92 Å². The number of aromatic nitrogens is 2. The molecule has 0 saturated heterocycles. The van der Waals surface area contributed by atoms with E-state index in [1.807, 2.05) is 7.05 Å². The normalized spacial score (nSPS) is 10.3. The fraction of sp³-hybridized carbons (Fsp3) is 0.286. The van der Waals surface area contributed by atoms with Crippen molar-refractivity contribution in [2.45, 2.75) is 20.3 Å². The van der Waals surface area contributed by atoms with Gasteiger partial charge in [0.2, 0.25) is 0 Å². The quantitative estimate of drug-likeness (QED) is 0.875. The van der Waals surface area contributed by atoms with Gasteiger partial charge in [0.1, 0.15) is 12.1 Å². The third-order valence-corrected chi connectivity index (χ3v) is 2.86. The third kappa shape index (κ3) is 2.28. The van der Waals surface area contributed by atoms with E-state index >= 15 is 0 Å². The smallest absolute Gasteiger partial charge is 0.132 e. The molecule has 0 bridgehead atoms. The molecule has 2 rings (SSSR count). The van der Waals surface area contributed by atoms with Gasteiger partial charge in [0, 0.05) is 18.2 Å². The lowest BCUT2D eigenvalue weighted by atomic mass is 10.0. The van der Waals surface area contributed by atoms with Crippen LogP contribution in [0.2, 0.25) is 0 Å². The first-order valence-electron chi connectivity index (χ1n) is 5.85. The molecule has 0 aliphatic carbocycles. The molecule has 3 heteroatoms. The van der Waals surface area contributed by atoms with Gasteiger partial charge in [0.05, 0.1) is 5.69 Å². The molecule has 1 aromatic carbocycles. The van der Waals surface area contributed by atoms with Crippen LogP contribution in [-0.2, 0) is 6.42 Å². The van der Waals surface area contributed by atoms with Crippen molar-refractivity contribution in [1.82, 2.24) is 9.97 Å². The van der Waals surface area contributed by atoms with Gasteiger partial charge in [-0.05, 0) is 13.3 Å². The molecular formula is C14H17N3. The number of anilines is 1. The van der Waals surface area contributed by atoms with Crippen molar-refractivity contribution in [3.8, 4) is 11.3 Å². The van der Waals surface area contributed by atoms with E-state index in [1.54, 1.807) is 6.33 Å². The Kier molecular flexibility index (Phi) is 3.38. The van der Waals surface area contributed by atoms with Crippen LogP contribution in [0.25, 0.3) is 11.3 Å². The summed E-state index contributed by atoms with van der Waals surface area (Å²) in [5.41, 5.74) is 4.59.